The third kappa shape index (κ3) is 2.48. The first-order valence-electron chi connectivity index (χ1n) is 6.19. The smallest absolute Gasteiger partial charge is 0.205 e. The Balaban J connectivity index is 2.34. The third-order valence-electron chi connectivity index (χ3n) is 2.94. The van der Waals surface area contributed by atoms with Crippen molar-refractivity contribution in [3.05, 3.63) is 11.5 Å². The predicted octanol–water partition coefficient (Wildman–Crippen LogP) is 0.960. The first-order chi connectivity index (χ1) is 9.08. The topological polar surface area (TPSA) is 71.8 Å². The quantitative estimate of drug-likeness (QED) is 0.839. The number of hydrogen-bond donors (Lipinski definition) is 1. The van der Waals surface area contributed by atoms with E-state index in [1.807, 2.05) is 18.7 Å². The molecule has 0 atom stereocenters. The van der Waals surface area contributed by atoms with Crippen molar-refractivity contribution in [3.8, 4) is 11.5 Å². The van der Waals surface area contributed by atoms with E-state index in [9.17, 15) is 0 Å². The maximum absolute atomic E-state index is 5.38. The standard InChI is InChI=1S/C11H17N7S/c1-5-17(6-2)11(19)16-18-8(4)13-14-9-7(3)12-15-10(9)18/h5-6H2,1-4H3,(H,16,19). The van der Waals surface area contributed by atoms with Gasteiger partial charge < -0.3 is 4.90 Å². The van der Waals surface area contributed by atoms with Gasteiger partial charge in [0.25, 0.3) is 0 Å². The minimum Gasteiger partial charge on any atom is -0.348 e. The van der Waals surface area contributed by atoms with E-state index in [1.54, 1.807) is 4.68 Å². The maximum Gasteiger partial charge on any atom is 0.205 e. The van der Waals surface area contributed by atoms with Gasteiger partial charge in [0, 0.05) is 13.1 Å². The number of nitrogens with one attached hydrogen (secondary N) is 1. The Morgan fingerprint density at radius 1 is 1.16 bits per heavy atom. The SMILES string of the molecule is CCN(CC)C(=S)Nn1c(C)nnc2c(C)nnc1-2. The van der Waals surface area contributed by atoms with Crippen molar-refractivity contribution in [3.63, 3.8) is 0 Å². The monoisotopic (exact) mass is 279 g/mol. The van der Waals surface area contributed by atoms with Gasteiger partial charge >= 0.3 is 0 Å². The van der Waals surface area contributed by atoms with Crippen LogP contribution in [-0.2, 0) is 0 Å². The molecule has 0 spiro atoms. The third-order valence-corrected chi connectivity index (χ3v) is 3.29. The molecule has 2 aliphatic rings. The largest absolute Gasteiger partial charge is 0.348 e. The van der Waals surface area contributed by atoms with Gasteiger partial charge in [-0.3, -0.25) is 5.43 Å². The predicted molar refractivity (Wildman–Crippen MR) is 76.6 cm³/mol. The van der Waals surface area contributed by atoms with Gasteiger partial charge in [-0.25, -0.2) is 4.68 Å². The molecule has 0 amide bonds. The van der Waals surface area contributed by atoms with E-state index in [0.717, 1.165) is 18.8 Å². The molecule has 102 valence electrons. The van der Waals surface area contributed by atoms with Crippen LogP contribution in [0.3, 0.4) is 0 Å². The van der Waals surface area contributed by atoms with Crippen LogP contribution < -0.4 is 5.43 Å². The van der Waals surface area contributed by atoms with Crippen molar-refractivity contribution in [2.24, 2.45) is 0 Å². The van der Waals surface area contributed by atoms with Crippen molar-refractivity contribution in [1.82, 2.24) is 30.0 Å². The summed E-state index contributed by atoms with van der Waals surface area (Å²) in [5.41, 5.74) is 4.57. The fourth-order valence-corrected chi connectivity index (χ4v) is 2.13. The molecule has 2 rings (SSSR count). The Hall–Kier alpha value is -1.83. The van der Waals surface area contributed by atoms with Gasteiger partial charge in [-0.1, -0.05) is 0 Å². The van der Waals surface area contributed by atoms with E-state index in [-0.39, 0.29) is 0 Å². The minimum atomic E-state index is 0.632. The second-order valence-corrected chi connectivity index (χ2v) is 4.52. The number of aromatic nitrogens is 5. The van der Waals surface area contributed by atoms with Gasteiger partial charge in [-0.05, 0) is 39.9 Å². The number of nitrogens with zero attached hydrogens (tertiary/aromatic N) is 6. The molecule has 0 radical (unpaired) electrons. The average Bonchev–Trinajstić information content (AvgIpc) is 2.76. The van der Waals surface area contributed by atoms with Gasteiger partial charge in [-0.2, -0.15) is 5.10 Å². The van der Waals surface area contributed by atoms with E-state index in [4.69, 9.17) is 12.2 Å². The van der Waals surface area contributed by atoms with Crippen molar-refractivity contribution in [2.75, 3.05) is 18.5 Å². The van der Waals surface area contributed by atoms with E-state index in [0.29, 0.717) is 22.5 Å². The summed E-state index contributed by atoms with van der Waals surface area (Å²) in [5.74, 6) is 1.32. The Morgan fingerprint density at radius 2 is 1.84 bits per heavy atom. The molecule has 19 heavy (non-hydrogen) atoms. The molecule has 0 saturated carbocycles. The normalized spacial score (nSPS) is 10.7. The lowest BCUT2D eigenvalue weighted by molar-refractivity contribution is 0.467. The fraction of sp³-hybridized carbons (Fsp3) is 0.545. The van der Waals surface area contributed by atoms with Crippen LogP contribution in [0.15, 0.2) is 0 Å². The molecule has 0 aromatic rings. The molecular formula is C11H17N7S. The molecule has 0 bridgehead atoms. The number of hydrogen-bond acceptors (Lipinski definition) is 5. The number of rotatable bonds is 3. The van der Waals surface area contributed by atoms with Crippen LogP contribution in [0.1, 0.15) is 25.4 Å². The van der Waals surface area contributed by atoms with E-state index in [1.165, 1.54) is 0 Å². The minimum absolute atomic E-state index is 0.632. The van der Waals surface area contributed by atoms with Gasteiger partial charge in [-0.15, -0.1) is 15.3 Å². The molecule has 0 aromatic heterocycles. The van der Waals surface area contributed by atoms with E-state index in [2.05, 4.69) is 39.7 Å². The molecule has 0 unspecified atom stereocenters. The summed E-state index contributed by atoms with van der Waals surface area (Å²) >= 11 is 5.38. The fourth-order valence-electron chi connectivity index (χ4n) is 1.78. The molecule has 2 aliphatic heterocycles. The summed E-state index contributed by atoms with van der Waals surface area (Å²) < 4.78 is 1.73. The highest BCUT2D eigenvalue weighted by molar-refractivity contribution is 7.80. The van der Waals surface area contributed by atoms with Crippen molar-refractivity contribution >= 4 is 17.3 Å². The first kappa shape index (κ1) is 13.6. The van der Waals surface area contributed by atoms with Crippen LogP contribution in [0.25, 0.3) is 11.5 Å². The molecule has 0 aliphatic carbocycles. The van der Waals surface area contributed by atoms with Crippen molar-refractivity contribution in [1.29, 1.82) is 0 Å². The van der Waals surface area contributed by atoms with Crippen molar-refractivity contribution in [2.45, 2.75) is 27.7 Å². The van der Waals surface area contributed by atoms with Crippen LogP contribution in [-0.4, -0.2) is 48.2 Å². The summed E-state index contributed by atoms with van der Waals surface area (Å²) in [6.07, 6.45) is 0. The van der Waals surface area contributed by atoms with Crippen LogP contribution in [0.5, 0.6) is 0 Å². The number of thiocarbonyl (C=S) groups is 1. The zero-order valence-electron chi connectivity index (χ0n) is 11.5. The molecule has 7 nitrogen and oxygen atoms in total. The molecule has 0 aromatic carbocycles. The Kier molecular flexibility index (Phi) is 3.89. The highest BCUT2D eigenvalue weighted by Gasteiger charge is 2.19. The van der Waals surface area contributed by atoms with E-state index < -0.39 is 0 Å². The van der Waals surface area contributed by atoms with Crippen LogP contribution in [0, 0.1) is 13.8 Å². The molecule has 0 saturated heterocycles. The molecule has 2 heterocycles. The Labute approximate surface area is 117 Å². The zero-order valence-corrected chi connectivity index (χ0v) is 12.3. The summed E-state index contributed by atoms with van der Waals surface area (Å²) in [6, 6.07) is 0. The summed E-state index contributed by atoms with van der Waals surface area (Å²) in [7, 11) is 0. The lowest BCUT2D eigenvalue weighted by Crippen LogP contribution is -2.39. The Bertz CT molecular complexity index is 561. The second-order valence-electron chi connectivity index (χ2n) is 4.13. The van der Waals surface area contributed by atoms with Gasteiger partial charge in [0.1, 0.15) is 5.82 Å². The maximum atomic E-state index is 5.38. The number of aryl methyl sites for hydroxylation is 2. The summed E-state index contributed by atoms with van der Waals surface area (Å²) in [6.45, 7) is 9.50. The van der Waals surface area contributed by atoms with Gasteiger partial charge in [0.2, 0.25) is 5.82 Å². The Morgan fingerprint density at radius 3 is 2.47 bits per heavy atom. The van der Waals surface area contributed by atoms with E-state index >= 15 is 0 Å². The lowest BCUT2D eigenvalue weighted by Gasteiger charge is -2.24. The average molecular weight is 279 g/mol. The van der Waals surface area contributed by atoms with Gasteiger partial charge in [0.15, 0.2) is 10.8 Å². The molecule has 8 heteroatoms. The second kappa shape index (κ2) is 5.43. The highest BCUT2D eigenvalue weighted by atomic mass is 32.1. The van der Waals surface area contributed by atoms with Crippen LogP contribution >= 0.6 is 12.2 Å². The summed E-state index contributed by atoms with van der Waals surface area (Å²) in [5, 5.41) is 17.0. The molecular weight excluding hydrogens is 262 g/mol. The van der Waals surface area contributed by atoms with Crippen LogP contribution in [0.2, 0.25) is 0 Å². The highest BCUT2D eigenvalue weighted by Crippen LogP contribution is 2.18. The first-order valence-corrected chi connectivity index (χ1v) is 6.60. The summed E-state index contributed by atoms with van der Waals surface area (Å²) in [4.78, 5) is 2.04. The number of fused-ring (bicyclic) bond motifs is 1. The van der Waals surface area contributed by atoms with Crippen LogP contribution in [0.4, 0.5) is 0 Å². The van der Waals surface area contributed by atoms with Gasteiger partial charge in [0.05, 0.1) is 5.69 Å². The lowest BCUT2D eigenvalue weighted by atomic mass is 10.3. The van der Waals surface area contributed by atoms with Crippen molar-refractivity contribution < 1.29 is 0 Å². The molecule has 1 N–H and O–H groups in total. The zero-order chi connectivity index (χ0) is 14.0. The molecule has 0 fully saturated rings.